The second kappa shape index (κ2) is 9.57. The second-order valence-electron chi connectivity index (χ2n) is 6.50. The van der Waals surface area contributed by atoms with Crippen molar-refractivity contribution in [3.8, 4) is 5.75 Å². The summed E-state index contributed by atoms with van der Waals surface area (Å²) in [6.07, 6.45) is 1.52. The Morgan fingerprint density at radius 3 is 2.35 bits per heavy atom. The van der Waals surface area contributed by atoms with E-state index in [-0.39, 0.29) is 12.3 Å². The molecule has 2 aromatic rings. The zero-order valence-electron chi connectivity index (χ0n) is 17.0. The maximum Gasteiger partial charge on any atom is 0.338 e. The minimum atomic E-state index is -0.683. The van der Waals surface area contributed by atoms with E-state index < -0.39 is 30.4 Å². The number of carbonyl (C=O) groups excluding carboxylic acids is 4. The van der Waals surface area contributed by atoms with Crippen molar-refractivity contribution in [3.05, 3.63) is 65.4 Å². The van der Waals surface area contributed by atoms with Crippen LogP contribution in [0.2, 0.25) is 0 Å². The number of hydrogen-bond donors (Lipinski definition) is 2. The fraction of sp³-hybridized carbons (Fsp3) is 0.182. The number of imide groups is 1. The van der Waals surface area contributed by atoms with Gasteiger partial charge in [0.1, 0.15) is 18.0 Å². The lowest BCUT2D eigenvalue weighted by molar-refractivity contribution is -0.127. The number of nitrogens with one attached hydrogen (secondary N) is 2. The van der Waals surface area contributed by atoms with Gasteiger partial charge >= 0.3 is 12.0 Å². The van der Waals surface area contributed by atoms with Crippen molar-refractivity contribution in [1.29, 1.82) is 0 Å². The van der Waals surface area contributed by atoms with E-state index in [0.717, 1.165) is 4.90 Å². The lowest BCUT2D eigenvalue weighted by Gasteiger charge is -2.12. The molecule has 9 nitrogen and oxygen atoms in total. The Kier molecular flexibility index (Phi) is 6.66. The first-order valence-corrected chi connectivity index (χ1v) is 9.47. The minimum absolute atomic E-state index is 0.0711. The van der Waals surface area contributed by atoms with Gasteiger partial charge in [0, 0.05) is 5.69 Å². The van der Waals surface area contributed by atoms with E-state index in [2.05, 4.69) is 10.6 Å². The molecule has 160 valence electrons. The summed E-state index contributed by atoms with van der Waals surface area (Å²) >= 11 is 0. The van der Waals surface area contributed by atoms with Gasteiger partial charge in [-0.25, -0.2) is 14.5 Å². The molecule has 2 N–H and O–H groups in total. The molecule has 0 bridgehead atoms. The van der Waals surface area contributed by atoms with E-state index in [1.54, 1.807) is 38.3 Å². The van der Waals surface area contributed by atoms with Crippen molar-refractivity contribution < 1.29 is 28.7 Å². The fourth-order valence-corrected chi connectivity index (χ4v) is 2.83. The third kappa shape index (κ3) is 5.27. The van der Waals surface area contributed by atoms with Crippen LogP contribution in [0.3, 0.4) is 0 Å². The average Bonchev–Trinajstić information content (AvgIpc) is 3.02. The van der Waals surface area contributed by atoms with E-state index in [1.807, 2.05) is 0 Å². The van der Waals surface area contributed by atoms with Crippen LogP contribution in [0.5, 0.6) is 5.75 Å². The number of nitrogens with zero attached hydrogens (tertiary/aromatic N) is 1. The van der Waals surface area contributed by atoms with E-state index in [1.165, 1.54) is 30.3 Å². The Labute approximate surface area is 178 Å². The van der Waals surface area contributed by atoms with Gasteiger partial charge in [0.25, 0.3) is 5.91 Å². The first-order valence-electron chi connectivity index (χ1n) is 9.47. The maximum absolute atomic E-state index is 12.5. The van der Waals surface area contributed by atoms with Crippen molar-refractivity contribution in [3.63, 3.8) is 0 Å². The Bertz CT molecular complexity index is 1030. The Balaban J connectivity index is 1.62. The number of hydrogen-bond acceptors (Lipinski definition) is 6. The largest absolute Gasteiger partial charge is 0.497 e. The molecule has 0 aromatic heterocycles. The summed E-state index contributed by atoms with van der Waals surface area (Å²) in [6.45, 7) is 1.52. The molecule has 9 heteroatoms. The number of esters is 1. The minimum Gasteiger partial charge on any atom is -0.497 e. The van der Waals surface area contributed by atoms with Crippen LogP contribution in [0.1, 0.15) is 22.8 Å². The molecule has 1 aliphatic rings. The molecular formula is C22H21N3O6. The number of urea groups is 1. The van der Waals surface area contributed by atoms with Crippen LogP contribution in [0, 0.1) is 0 Å². The number of benzene rings is 2. The molecule has 0 atom stereocenters. The standard InChI is InChI=1S/C22H21N3O6/c1-3-31-21(28)15-6-8-16(9-7-15)23-19(26)13-25-20(27)18(24-22(25)29)12-14-4-10-17(30-2)11-5-14/h4-12H,3,13H2,1-2H3,(H,23,26)(H,24,29)/b18-12-. The number of amides is 4. The lowest BCUT2D eigenvalue weighted by Crippen LogP contribution is -2.38. The van der Waals surface area contributed by atoms with E-state index >= 15 is 0 Å². The summed E-state index contributed by atoms with van der Waals surface area (Å²) in [6, 6.07) is 12.3. The van der Waals surface area contributed by atoms with Crippen LogP contribution in [-0.4, -0.2) is 49.0 Å². The predicted molar refractivity (Wildman–Crippen MR) is 112 cm³/mol. The third-order valence-corrected chi connectivity index (χ3v) is 4.37. The van der Waals surface area contributed by atoms with Crippen molar-refractivity contribution in [2.45, 2.75) is 6.92 Å². The monoisotopic (exact) mass is 423 g/mol. The SMILES string of the molecule is CCOC(=O)c1ccc(NC(=O)CN2C(=O)N/C(=C\c3ccc(OC)cc3)C2=O)cc1. The summed E-state index contributed by atoms with van der Waals surface area (Å²) < 4.78 is 9.98. The molecule has 0 unspecified atom stereocenters. The van der Waals surface area contributed by atoms with Crippen LogP contribution in [0.4, 0.5) is 10.5 Å². The fourth-order valence-electron chi connectivity index (χ4n) is 2.83. The van der Waals surface area contributed by atoms with Gasteiger partial charge < -0.3 is 20.1 Å². The first-order chi connectivity index (χ1) is 14.9. The molecule has 1 saturated heterocycles. The third-order valence-electron chi connectivity index (χ3n) is 4.37. The van der Waals surface area contributed by atoms with Gasteiger partial charge in [-0.15, -0.1) is 0 Å². The molecule has 1 aliphatic heterocycles. The molecule has 0 spiro atoms. The highest BCUT2D eigenvalue weighted by Gasteiger charge is 2.34. The number of ether oxygens (including phenoxy) is 2. The van der Waals surface area contributed by atoms with Gasteiger partial charge in [0.15, 0.2) is 0 Å². The average molecular weight is 423 g/mol. The molecule has 3 rings (SSSR count). The van der Waals surface area contributed by atoms with Gasteiger partial charge in [-0.2, -0.15) is 0 Å². The van der Waals surface area contributed by atoms with Gasteiger partial charge in [-0.05, 0) is 55.0 Å². The number of anilines is 1. The Morgan fingerprint density at radius 1 is 1.06 bits per heavy atom. The summed E-state index contributed by atoms with van der Waals surface area (Å²) in [5.74, 6) is -0.958. The lowest BCUT2D eigenvalue weighted by atomic mass is 10.2. The topological polar surface area (TPSA) is 114 Å². The number of rotatable bonds is 7. The molecule has 1 fully saturated rings. The highest BCUT2D eigenvalue weighted by Crippen LogP contribution is 2.17. The smallest absolute Gasteiger partial charge is 0.338 e. The van der Waals surface area contributed by atoms with Crippen molar-refractivity contribution in [2.24, 2.45) is 0 Å². The van der Waals surface area contributed by atoms with Crippen molar-refractivity contribution in [1.82, 2.24) is 10.2 Å². The number of carbonyl (C=O) groups is 4. The molecule has 31 heavy (non-hydrogen) atoms. The maximum atomic E-state index is 12.5. The zero-order valence-corrected chi connectivity index (χ0v) is 17.0. The van der Waals surface area contributed by atoms with Gasteiger partial charge in [-0.3, -0.25) is 9.59 Å². The van der Waals surface area contributed by atoms with E-state index in [0.29, 0.717) is 22.6 Å². The Hall–Kier alpha value is -4.14. The molecule has 0 saturated carbocycles. The second-order valence-corrected chi connectivity index (χ2v) is 6.50. The molecular weight excluding hydrogens is 402 g/mol. The predicted octanol–water partition coefficient (Wildman–Crippen LogP) is 2.40. The van der Waals surface area contributed by atoms with E-state index in [9.17, 15) is 19.2 Å². The first kappa shape index (κ1) is 21.6. The normalized spacial score (nSPS) is 14.4. The summed E-state index contributed by atoms with van der Waals surface area (Å²) in [4.78, 5) is 49.5. The summed E-state index contributed by atoms with van der Waals surface area (Å²) in [5, 5.41) is 5.05. The van der Waals surface area contributed by atoms with Crippen LogP contribution in [0.25, 0.3) is 6.08 Å². The van der Waals surface area contributed by atoms with Crippen LogP contribution >= 0.6 is 0 Å². The zero-order chi connectivity index (χ0) is 22.4. The highest BCUT2D eigenvalue weighted by atomic mass is 16.5. The molecule has 1 heterocycles. The quantitative estimate of drug-likeness (QED) is 0.402. The molecule has 4 amide bonds. The van der Waals surface area contributed by atoms with Gasteiger partial charge in [-0.1, -0.05) is 12.1 Å². The van der Waals surface area contributed by atoms with Crippen LogP contribution < -0.4 is 15.4 Å². The highest BCUT2D eigenvalue weighted by molar-refractivity contribution is 6.15. The summed E-state index contributed by atoms with van der Waals surface area (Å²) in [7, 11) is 1.55. The Morgan fingerprint density at radius 2 is 1.74 bits per heavy atom. The van der Waals surface area contributed by atoms with Gasteiger partial charge in [0.2, 0.25) is 5.91 Å². The summed E-state index contributed by atoms with van der Waals surface area (Å²) in [5.41, 5.74) is 1.53. The molecule has 0 aliphatic carbocycles. The number of methoxy groups -OCH3 is 1. The molecule has 0 radical (unpaired) electrons. The van der Waals surface area contributed by atoms with Crippen LogP contribution in [0.15, 0.2) is 54.2 Å². The van der Waals surface area contributed by atoms with E-state index in [4.69, 9.17) is 9.47 Å². The van der Waals surface area contributed by atoms with Crippen molar-refractivity contribution in [2.75, 3.05) is 25.6 Å². The molecule has 2 aromatic carbocycles. The van der Waals surface area contributed by atoms with Gasteiger partial charge in [0.05, 0.1) is 19.3 Å². The van der Waals surface area contributed by atoms with Crippen molar-refractivity contribution >= 4 is 35.6 Å². The van der Waals surface area contributed by atoms with Crippen LogP contribution in [-0.2, 0) is 14.3 Å².